The number of nitrogens with one attached hydrogen (secondary N) is 2. The predicted molar refractivity (Wildman–Crippen MR) is 83.7 cm³/mol. The lowest BCUT2D eigenvalue weighted by molar-refractivity contribution is -0.115. The van der Waals surface area contributed by atoms with Crippen LogP contribution in [0.2, 0.25) is 5.15 Å². The predicted octanol–water partition coefficient (Wildman–Crippen LogP) is 3.24. The van der Waals surface area contributed by atoms with Crippen LogP contribution in [0.1, 0.15) is 15.9 Å². The average Bonchev–Trinajstić information content (AvgIpc) is 2.81. The first-order chi connectivity index (χ1) is 10.0. The van der Waals surface area contributed by atoms with Crippen molar-refractivity contribution in [3.63, 3.8) is 0 Å². The van der Waals surface area contributed by atoms with Gasteiger partial charge in [0.2, 0.25) is 5.91 Å². The van der Waals surface area contributed by atoms with E-state index in [0.717, 1.165) is 5.56 Å². The molecule has 2 aromatic rings. The van der Waals surface area contributed by atoms with Crippen LogP contribution in [-0.2, 0) is 11.2 Å². The first-order valence-corrected chi connectivity index (χ1v) is 7.25. The number of hydrogen-bond donors (Lipinski definition) is 2. The van der Waals surface area contributed by atoms with Crippen molar-refractivity contribution in [3.8, 4) is 0 Å². The SMILES string of the molecule is O=C1Cc2ccc(C(=O)Nc3cc(Br)cnc3Cl)cc2N1. The molecule has 21 heavy (non-hydrogen) atoms. The number of hydrogen-bond acceptors (Lipinski definition) is 3. The maximum absolute atomic E-state index is 12.2. The number of benzene rings is 1. The van der Waals surface area contributed by atoms with E-state index in [-0.39, 0.29) is 17.0 Å². The lowest BCUT2D eigenvalue weighted by Gasteiger charge is -2.08. The van der Waals surface area contributed by atoms with Gasteiger partial charge in [-0.15, -0.1) is 0 Å². The molecule has 1 aliphatic rings. The number of halogens is 2. The molecule has 7 heteroatoms. The minimum Gasteiger partial charge on any atom is -0.326 e. The first kappa shape index (κ1) is 14.0. The zero-order valence-corrected chi connectivity index (χ0v) is 13.0. The van der Waals surface area contributed by atoms with Gasteiger partial charge in [0.1, 0.15) is 0 Å². The Kier molecular flexibility index (Phi) is 3.65. The number of anilines is 2. The van der Waals surface area contributed by atoms with Crippen molar-refractivity contribution in [2.75, 3.05) is 10.6 Å². The van der Waals surface area contributed by atoms with Gasteiger partial charge in [-0.05, 0) is 39.7 Å². The van der Waals surface area contributed by atoms with Crippen molar-refractivity contribution >= 4 is 50.7 Å². The molecule has 0 atom stereocenters. The summed E-state index contributed by atoms with van der Waals surface area (Å²) in [6.07, 6.45) is 1.89. The van der Waals surface area contributed by atoms with E-state index < -0.39 is 0 Å². The van der Waals surface area contributed by atoms with E-state index in [4.69, 9.17) is 11.6 Å². The standard InChI is InChI=1S/C14H9BrClN3O2/c15-9-5-11(13(16)17-6-9)19-14(21)8-2-1-7-4-12(20)18-10(7)3-8/h1-3,5-6H,4H2,(H,18,20)(H,19,21). The van der Waals surface area contributed by atoms with E-state index >= 15 is 0 Å². The molecule has 0 saturated heterocycles. The largest absolute Gasteiger partial charge is 0.326 e. The van der Waals surface area contributed by atoms with Crippen molar-refractivity contribution < 1.29 is 9.59 Å². The number of pyridine rings is 1. The summed E-state index contributed by atoms with van der Waals surface area (Å²) in [5.74, 6) is -0.387. The highest BCUT2D eigenvalue weighted by atomic mass is 79.9. The molecule has 1 aromatic heterocycles. The van der Waals surface area contributed by atoms with Crippen LogP contribution in [0, 0.1) is 0 Å². The number of aromatic nitrogens is 1. The number of fused-ring (bicyclic) bond motifs is 1. The zero-order chi connectivity index (χ0) is 15.0. The number of nitrogens with zero attached hydrogens (tertiary/aromatic N) is 1. The minimum atomic E-state index is -0.319. The van der Waals surface area contributed by atoms with Crippen LogP contribution in [0.4, 0.5) is 11.4 Å². The summed E-state index contributed by atoms with van der Waals surface area (Å²) in [6, 6.07) is 6.76. The van der Waals surface area contributed by atoms with Crippen molar-refractivity contribution in [1.82, 2.24) is 4.98 Å². The fourth-order valence-electron chi connectivity index (χ4n) is 2.06. The van der Waals surface area contributed by atoms with Gasteiger partial charge in [0.15, 0.2) is 5.15 Å². The van der Waals surface area contributed by atoms with Gasteiger partial charge >= 0.3 is 0 Å². The molecule has 2 amide bonds. The molecule has 2 heterocycles. The number of rotatable bonds is 2. The van der Waals surface area contributed by atoms with Gasteiger partial charge in [0.25, 0.3) is 5.91 Å². The molecule has 0 spiro atoms. The van der Waals surface area contributed by atoms with Crippen molar-refractivity contribution in [2.45, 2.75) is 6.42 Å². The highest BCUT2D eigenvalue weighted by Crippen LogP contribution is 2.26. The summed E-state index contributed by atoms with van der Waals surface area (Å²) in [5.41, 5.74) is 2.41. The Hall–Kier alpha value is -1.92. The van der Waals surface area contributed by atoms with Crippen LogP contribution in [0.25, 0.3) is 0 Å². The topological polar surface area (TPSA) is 71.1 Å². The normalized spacial score (nSPS) is 12.8. The summed E-state index contributed by atoms with van der Waals surface area (Å²) >= 11 is 9.21. The van der Waals surface area contributed by atoms with Crippen LogP contribution in [0.3, 0.4) is 0 Å². The summed E-state index contributed by atoms with van der Waals surface area (Å²) in [7, 11) is 0. The molecule has 5 nitrogen and oxygen atoms in total. The molecule has 0 saturated carbocycles. The Morgan fingerprint density at radius 3 is 3.00 bits per heavy atom. The highest BCUT2D eigenvalue weighted by Gasteiger charge is 2.19. The third-order valence-corrected chi connectivity index (χ3v) is 3.79. The Morgan fingerprint density at radius 1 is 1.38 bits per heavy atom. The van der Waals surface area contributed by atoms with Crippen molar-refractivity contribution in [1.29, 1.82) is 0 Å². The third kappa shape index (κ3) is 2.91. The van der Waals surface area contributed by atoms with Gasteiger partial charge in [-0.2, -0.15) is 0 Å². The van der Waals surface area contributed by atoms with Gasteiger partial charge in [-0.1, -0.05) is 17.7 Å². The Morgan fingerprint density at radius 2 is 2.19 bits per heavy atom. The number of carbonyl (C=O) groups excluding carboxylic acids is 2. The second-order valence-electron chi connectivity index (χ2n) is 4.54. The quantitative estimate of drug-likeness (QED) is 0.802. The first-order valence-electron chi connectivity index (χ1n) is 6.08. The molecule has 0 bridgehead atoms. The lowest BCUT2D eigenvalue weighted by Crippen LogP contribution is -2.13. The van der Waals surface area contributed by atoms with Gasteiger partial charge in [-0.25, -0.2) is 4.98 Å². The van der Waals surface area contributed by atoms with E-state index in [1.165, 1.54) is 0 Å². The van der Waals surface area contributed by atoms with Gasteiger partial charge in [0, 0.05) is 21.9 Å². The van der Waals surface area contributed by atoms with Crippen LogP contribution in [0.5, 0.6) is 0 Å². The molecule has 0 unspecified atom stereocenters. The second-order valence-corrected chi connectivity index (χ2v) is 5.82. The number of carbonyl (C=O) groups is 2. The average molecular weight is 367 g/mol. The lowest BCUT2D eigenvalue weighted by atomic mass is 10.1. The fourth-order valence-corrected chi connectivity index (χ4v) is 2.54. The van der Waals surface area contributed by atoms with E-state index in [0.29, 0.717) is 27.8 Å². The maximum atomic E-state index is 12.2. The van der Waals surface area contributed by atoms with E-state index in [2.05, 4.69) is 31.5 Å². The molecular weight excluding hydrogens is 358 g/mol. The molecule has 0 radical (unpaired) electrons. The monoisotopic (exact) mass is 365 g/mol. The van der Waals surface area contributed by atoms with Gasteiger partial charge in [-0.3, -0.25) is 9.59 Å². The molecule has 0 fully saturated rings. The van der Waals surface area contributed by atoms with Crippen molar-refractivity contribution in [3.05, 3.63) is 51.2 Å². The zero-order valence-electron chi connectivity index (χ0n) is 10.6. The van der Waals surface area contributed by atoms with E-state index in [1.807, 2.05) is 0 Å². The Bertz CT molecular complexity index is 764. The summed E-state index contributed by atoms with van der Waals surface area (Å²) < 4.78 is 0.711. The molecule has 3 rings (SSSR count). The highest BCUT2D eigenvalue weighted by molar-refractivity contribution is 9.10. The molecule has 1 aromatic carbocycles. The third-order valence-electron chi connectivity index (χ3n) is 3.05. The maximum Gasteiger partial charge on any atom is 0.255 e. The summed E-state index contributed by atoms with van der Waals surface area (Å²) in [4.78, 5) is 27.5. The van der Waals surface area contributed by atoms with Crippen molar-refractivity contribution in [2.24, 2.45) is 0 Å². The van der Waals surface area contributed by atoms with Crippen LogP contribution < -0.4 is 10.6 Å². The smallest absolute Gasteiger partial charge is 0.255 e. The summed E-state index contributed by atoms with van der Waals surface area (Å²) in [5, 5.41) is 5.62. The molecular formula is C14H9BrClN3O2. The van der Waals surface area contributed by atoms with Gasteiger partial charge in [0.05, 0.1) is 12.1 Å². The molecule has 0 aliphatic carbocycles. The van der Waals surface area contributed by atoms with E-state index in [9.17, 15) is 9.59 Å². The summed E-state index contributed by atoms with van der Waals surface area (Å²) in [6.45, 7) is 0. The molecule has 2 N–H and O–H groups in total. The Balaban J connectivity index is 1.85. The minimum absolute atomic E-state index is 0.0678. The van der Waals surface area contributed by atoms with Gasteiger partial charge < -0.3 is 10.6 Å². The second kappa shape index (κ2) is 5.46. The molecule has 106 valence electrons. The van der Waals surface area contributed by atoms with E-state index in [1.54, 1.807) is 30.5 Å². The van der Waals surface area contributed by atoms with Crippen LogP contribution in [0.15, 0.2) is 34.9 Å². The van der Waals surface area contributed by atoms with Crippen LogP contribution >= 0.6 is 27.5 Å². The Labute approximate surface area is 133 Å². The number of amides is 2. The van der Waals surface area contributed by atoms with Crippen LogP contribution in [-0.4, -0.2) is 16.8 Å². The fraction of sp³-hybridized carbons (Fsp3) is 0.0714. The molecule has 1 aliphatic heterocycles.